The number of carbonyl (C=O) groups excluding carboxylic acids is 2. The van der Waals surface area contributed by atoms with Crippen LogP contribution >= 0.6 is 11.3 Å². The van der Waals surface area contributed by atoms with E-state index in [1.54, 1.807) is 17.6 Å². The van der Waals surface area contributed by atoms with E-state index in [2.05, 4.69) is 10.3 Å². The zero-order valence-electron chi connectivity index (χ0n) is 13.8. The SMILES string of the molecule is O=C(CC(Cc1ccccc1)C(=O)[O-])Nc1ccc2scnc2c1.[Na+]. The molecule has 1 N–H and O–H groups in total. The molecule has 0 fully saturated rings. The van der Waals surface area contributed by atoms with Crippen molar-refractivity contribution in [1.29, 1.82) is 0 Å². The van der Waals surface area contributed by atoms with Crippen LogP contribution < -0.4 is 40.0 Å². The Morgan fingerprint density at radius 2 is 1.92 bits per heavy atom. The van der Waals surface area contributed by atoms with Crippen LogP contribution in [0.15, 0.2) is 54.0 Å². The maximum Gasteiger partial charge on any atom is 1.00 e. The Hall–Kier alpha value is -1.73. The minimum atomic E-state index is -1.22. The van der Waals surface area contributed by atoms with E-state index in [0.717, 1.165) is 15.8 Å². The van der Waals surface area contributed by atoms with Crippen molar-refractivity contribution in [3.63, 3.8) is 0 Å². The van der Waals surface area contributed by atoms with Crippen molar-refractivity contribution >= 4 is 39.1 Å². The number of nitrogens with one attached hydrogen (secondary N) is 1. The zero-order chi connectivity index (χ0) is 16.9. The van der Waals surface area contributed by atoms with Gasteiger partial charge in [0.05, 0.1) is 15.7 Å². The predicted molar refractivity (Wildman–Crippen MR) is 91.5 cm³/mol. The largest absolute Gasteiger partial charge is 1.00 e. The van der Waals surface area contributed by atoms with Crippen molar-refractivity contribution in [2.45, 2.75) is 12.8 Å². The van der Waals surface area contributed by atoms with Gasteiger partial charge in [0.2, 0.25) is 5.91 Å². The van der Waals surface area contributed by atoms with E-state index in [4.69, 9.17) is 0 Å². The van der Waals surface area contributed by atoms with Gasteiger partial charge in [-0.1, -0.05) is 30.3 Å². The normalized spacial score (nSPS) is 11.5. The van der Waals surface area contributed by atoms with E-state index >= 15 is 0 Å². The van der Waals surface area contributed by atoms with Gasteiger partial charge in [-0.05, 0) is 30.2 Å². The van der Waals surface area contributed by atoms with Gasteiger partial charge < -0.3 is 15.2 Å². The third-order valence-electron chi connectivity index (χ3n) is 3.70. The summed E-state index contributed by atoms with van der Waals surface area (Å²) in [6.45, 7) is 0. The van der Waals surface area contributed by atoms with Gasteiger partial charge in [-0.15, -0.1) is 11.3 Å². The van der Waals surface area contributed by atoms with Gasteiger partial charge in [0.25, 0.3) is 0 Å². The summed E-state index contributed by atoms with van der Waals surface area (Å²) in [6, 6.07) is 14.6. The Morgan fingerprint density at radius 3 is 2.64 bits per heavy atom. The van der Waals surface area contributed by atoms with Gasteiger partial charge in [0, 0.05) is 24.0 Å². The number of aliphatic carboxylic acids is 1. The smallest absolute Gasteiger partial charge is 0.550 e. The van der Waals surface area contributed by atoms with E-state index in [1.165, 1.54) is 11.3 Å². The number of carboxylic acids is 1. The third-order valence-corrected chi connectivity index (χ3v) is 4.51. The molecule has 0 spiro atoms. The molecule has 5 nitrogen and oxygen atoms in total. The topological polar surface area (TPSA) is 82.1 Å². The Labute approximate surface area is 171 Å². The number of nitrogens with zero attached hydrogens (tertiary/aromatic N) is 1. The molecule has 3 rings (SSSR count). The van der Waals surface area contributed by atoms with E-state index in [1.807, 2.05) is 36.4 Å². The predicted octanol–water partition coefficient (Wildman–Crippen LogP) is -0.762. The molecule has 1 unspecified atom stereocenters. The number of hydrogen-bond donors (Lipinski definition) is 1. The second kappa shape index (κ2) is 9.10. The van der Waals surface area contributed by atoms with Crippen molar-refractivity contribution in [1.82, 2.24) is 4.98 Å². The number of carboxylic acid groups (broad SMARTS) is 1. The summed E-state index contributed by atoms with van der Waals surface area (Å²) in [5.74, 6) is -2.44. The van der Waals surface area contributed by atoms with Crippen LogP contribution in [0, 0.1) is 5.92 Å². The minimum Gasteiger partial charge on any atom is -0.550 e. The van der Waals surface area contributed by atoms with Gasteiger partial charge in [-0.3, -0.25) is 4.79 Å². The number of anilines is 1. The first-order valence-electron chi connectivity index (χ1n) is 7.50. The fraction of sp³-hybridized carbons (Fsp3) is 0.167. The fourth-order valence-corrected chi connectivity index (χ4v) is 3.17. The van der Waals surface area contributed by atoms with E-state index < -0.39 is 11.9 Å². The summed E-state index contributed by atoms with van der Waals surface area (Å²) in [6.07, 6.45) is 0.133. The first kappa shape index (κ1) is 19.6. The molecular weight excluding hydrogens is 347 g/mol. The number of benzene rings is 2. The summed E-state index contributed by atoms with van der Waals surface area (Å²) < 4.78 is 1.03. The number of hydrogen-bond acceptors (Lipinski definition) is 5. The molecular formula is C18H15N2NaO3S. The van der Waals surface area contributed by atoms with Crippen LogP contribution in [-0.4, -0.2) is 16.9 Å². The number of thiazole rings is 1. The van der Waals surface area contributed by atoms with Crippen molar-refractivity contribution in [2.24, 2.45) is 5.92 Å². The third kappa shape index (κ3) is 5.37. The number of aromatic nitrogens is 1. The molecule has 0 radical (unpaired) electrons. The molecule has 3 aromatic rings. The second-order valence-electron chi connectivity index (χ2n) is 5.49. The first-order valence-corrected chi connectivity index (χ1v) is 8.37. The van der Waals surface area contributed by atoms with Crippen molar-refractivity contribution in [3.8, 4) is 0 Å². The average molecular weight is 362 g/mol. The molecule has 1 atom stereocenters. The maximum atomic E-state index is 12.2. The quantitative estimate of drug-likeness (QED) is 0.585. The van der Waals surface area contributed by atoms with Gasteiger partial charge >= 0.3 is 29.6 Å². The Balaban J connectivity index is 0.00000225. The Bertz CT molecular complexity index is 867. The van der Waals surface area contributed by atoms with Crippen LogP contribution in [0.5, 0.6) is 0 Å². The molecule has 122 valence electrons. The van der Waals surface area contributed by atoms with Crippen LogP contribution in [0.3, 0.4) is 0 Å². The maximum absolute atomic E-state index is 12.2. The first-order chi connectivity index (χ1) is 11.6. The molecule has 1 aromatic heterocycles. The molecule has 1 amide bonds. The molecule has 0 aliphatic rings. The summed E-state index contributed by atoms with van der Waals surface area (Å²) >= 11 is 1.52. The molecule has 0 saturated heterocycles. The fourth-order valence-electron chi connectivity index (χ4n) is 2.51. The molecule has 0 saturated carbocycles. The standard InChI is InChI=1S/C18H16N2O3S.Na/c21-17(20-14-6-7-16-15(10-14)19-11-24-16)9-13(18(22)23)8-12-4-2-1-3-5-12;/h1-7,10-11,13H,8-9H2,(H,20,21)(H,22,23);/q;+1/p-1. The van der Waals surface area contributed by atoms with Gasteiger partial charge in [0.15, 0.2) is 0 Å². The molecule has 7 heteroatoms. The van der Waals surface area contributed by atoms with Gasteiger partial charge in [-0.25, -0.2) is 4.98 Å². The van der Waals surface area contributed by atoms with Crippen molar-refractivity contribution < 1.29 is 44.3 Å². The number of amides is 1. The molecule has 25 heavy (non-hydrogen) atoms. The Kier molecular flexibility index (Phi) is 7.13. The van der Waals surface area contributed by atoms with Gasteiger partial charge in [-0.2, -0.15) is 0 Å². The van der Waals surface area contributed by atoms with Crippen molar-refractivity contribution in [3.05, 3.63) is 59.6 Å². The van der Waals surface area contributed by atoms with Crippen LogP contribution in [-0.2, 0) is 16.0 Å². The summed E-state index contributed by atoms with van der Waals surface area (Å²) in [5, 5.41) is 14.1. The molecule has 0 bridgehead atoms. The van der Waals surface area contributed by atoms with Crippen LogP contribution in [0.4, 0.5) is 5.69 Å². The average Bonchev–Trinajstić information content (AvgIpc) is 3.02. The monoisotopic (exact) mass is 362 g/mol. The summed E-state index contributed by atoms with van der Waals surface area (Å²) in [4.78, 5) is 27.7. The number of carbonyl (C=O) groups is 2. The van der Waals surface area contributed by atoms with Gasteiger partial charge in [0.1, 0.15) is 0 Å². The van der Waals surface area contributed by atoms with E-state index in [9.17, 15) is 14.7 Å². The molecule has 0 aliphatic heterocycles. The zero-order valence-corrected chi connectivity index (χ0v) is 16.6. The van der Waals surface area contributed by atoms with E-state index in [-0.39, 0.29) is 48.3 Å². The molecule has 0 aliphatic carbocycles. The minimum absolute atomic E-state index is 0. The van der Waals surface area contributed by atoms with Crippen LogP contribution in [0.2, 0.25) is 0 Å². The number of fused-ring (bicyclic) bond motifs is 1. The summed E-state index contributed by atoms with van der Waals surface area (Å²) in [5.41, 5.74) is 4.01. The van der Waals surface area contributed by atoms with Crippen LogP contribution in [0.25, 0.3) is 10.2 Å². The Morgan fingerprint density at radius 1 is 1.16 bits per heavy atom. The molecule has 1 heterocycles. The van der Waals surface area contributed by atoms with Crippen molar-refractivity contribution in [2.75, 3.05) is 5.32 Å². The van der Waals surface area contributed by atoms with E-state index in [0.29, 0.717) is 5.69 Å². The van der Waals surface area contributed by atoms with Crippen LogP contribution in [0.1, 0.15) is 12.0 Å². The number of rotatable bonds is 6. The second-order valence-corrected chi connectivity index (χ2v) is 6.38. The summed E-state index contributed by atoms with van der Waals surface area (Å²) in [7, 11) is 0. The molecule has 2 aromatic carbocycles.